The molecule has 0 saturated carbocycles. The second kappa shape index (κ2) is 5.14. The number of aryl methyl sites for hydroxylation is 2. The van der Waals surface area contributed by atoms with Crippen LogP contribution in [0.5, 0.6) is 0 Å². The maximum atomic E-state index is 11.8. The van der Waals surface area contributed by atoms with Crippen LogP contribution in [-0.2, 0) is 17.6 Å². The number of fused-ring (bicyclic) bond motifs is 1. The van der Waals surface area contributed by atoms with Crippen LogP contribution in [0, 0.1) is 5.92 Å². The van der Waals surface area contributed by atoms with E-state index >= 15 is 0 Å². The van der Waals surface area contributed by atoms with Gasteiger partial charge in [0.2, 0.25) is 5.91 Å². The highest BCUT2D eigenvalue weighted by molar-refractivity contribution is 7.15. The molecule has 1 aromatic rings. The number of hydrogen-bond acceptors (Lipinski definition) is 4. The van der Waals surface area contributed by atoms with Crippen molar-refractivity contribution in [1.82, 2.24) is 4.98 Å². The molecule has 94 valence electrons. The molecular formula is C12H19N3OS. The smallest absolute Gasteiger partial charge is 0.243 e. The maximum absolute atomic E-state index is 11.8. The van der Waals surface area contributed by atoms with Crippen molar-refractivity contribution in [3.63, 3.8) is 0 Å². The van der Waals surface area contributed by atoms with Crippen LogP contribution < -0.4 is 11.1 Å². The molecule has 1 aliphatic carbocycles. The lowest BCUT2D eigenvalue weighted by atomic mass is 10.0. The highest BCUT2D eigenvalue weighted by Gasteiger charge is 2.20. The predicted molar refractivity (Wildman–Crippen MR) is 70.2 cm³/mol. The third-order valence-corrected chi connectivity index (χ3v) is 4.17. The Hall–Kier alpha value is -0.940. The molecule has 1 amide bonds. The van der Waals surface area contributed by atoms with Crippen LogP contribution in [0.4, 0.5) is 5.13 Å². The van der Waals surface area contributed by atoms with Crippen LogP contribution in [0.1, 0.15) is 37.3 Å². The van der Waals surface area contributed by atoms with E-state index in [1.54, 1.807) is 11.3 Å². The highest BCUT2D eigenvalue weighted by Crippen LogP contribution is 2.29. The minimum absolute atomic E-state index is 0.133. The summed E-state index contributed by atoms with van der Waals surface area (Å²) in [7, 11) is 0. The predicted octanol–water partition coefficient (Wildman–Crippen LogP) is 1.94. The summed E-state index contributed by atoms with van der Waals surface area (Å²) < 4.78 is 0. The summed E-state index contributed by atoms with van der Waals surface area (Å²) in [4.78, 5) is 17.6. The van der Waals surface area contributed by atoms with Gasteiger partial charge in [0, 0.05) is 4.88 Å². The fourth-order valence-corrected chi connectivity index (χ4v) is 2.95. The second-order valence-corrected chi connectivity index (χ2v) is 5.94. The van der Waals surface area contributed by atoms with Gasteiger partial charge >= 0.3 is 0 Å². The number of aromatic nitrogens is 1. The third kappa shape index (κ3) is 2.84. The summed E-state index contributed by atoms with van der Waals surface area (Å²) in [6.45, 7) is 3.88. The van der Waals surface area contributed by atoms with Gasteiger partial charge < -0.3 is 11.1 Å². The number of thiazole rings is 1. The van der Waals surface area contributed by atoms with Crippen molar-refractivity contribution in [1.29, 1.82) is 0 Å². The molecule has 1 aromatic heterocycles. The van der Waals surface area contributed by atoms with E-state index in [2.05, 4.69) is 10.3 Å². The summed E-state index contributed by atoms with van der Waals surface area (Å²) in [6.07, 6.45) is 4.57. The fourth-order valence-electron chi connectivity index (χ4n) is 1.90. The molecule has 1 heterocycles. The molecule has 0 bridgehead atoms. The first-order chi connectivity index (χ1) is 8.08. The fraction of sp³-hybridized carbons (Fsp3) is 0.667. The van der Waals surface area contributed by atoms with Crippen LogP contribution in [0.2, 0.25) is 0 Å². The van der Waals surface area contributed by atoms with Gasteiger partial charge in [-0.15, -0.1) is 11.3 Å². The Bertz CT molecular complexity index is 390. The summed E-state index contributed by atoms with van der Waals surface area (Å²) in [5, 5.41) is 3.53. The molecule has 1 atom stereocenters. The number of nitrogens with two attached hydrogens (primary N) is 1. The molecular weight excluding hydrogens is 234 g/mol. The van der Waals surface area contributed by atoms with Gasteiger partial charge in [0.05, 0.1) is 11.7 Å². The molecule has 3 N–H and O–H groups in total. The Kier molecular flexibility index (Phi) is 3.79. The van der Waals surface area contributed by atoms with Gasteiger partial charge in [0.1, 0.15) is 0 Å². The molecule has 5 heteroatoms. The Morgan fingerprint density at radius 3 is 2.76 bits per heavy atom. The largest absolute Gasteiger partial charge is 0.320 e. The zero-order chi connectivity index (χ0) is 12.4. The molecule has 1 aliphatic rings. The first-order valence-electron chi connectivity index (χ1n) is 6.13. The number of amides is 1. The zero-order valence-corrected chi connectivity index (χ0v) is 11.1. The van der Waals surface area contributed by atoms with Gasteiger partial charge in [-0.25, -0.2) is 4.98 Å². The summed E-state index contributed by atoms with van der Waals surface area (Å²) in [5.74, 6) is 0.00989. The second-order valence-electron chi connectivity index (χ2n) is 4.86. The van der Waals surface area contributed by atoms with E-state index in [9.17, 15) is 4.79 Å². The average Bonchev–Trinajstić information content (AvgIpc) is 2.69. The molecule has 17 heavy (non-hydrogen) atoms. The van der Waals surface area contributed by atoms with Gasteiger partial charge in [-0.3, -0.25) is 4.79 Å². The number of hydrogen-bond donors (Lipinski definition) is 2. The number of carbonyl (C=O) groups is 1. The van der Waals surface area contributed by atoms with Gasteiger partial charge in [0.15, 0.2) is 5.13 Å². The average molecular weight is 253 g/mol. The van der Waals surface area contributed by atoms with Crippen molar-refractivity contribution in [3.05, 3.63) is 10.6 Å². The molecule has 0 unspecified atom stereocenters. The number of nitrogens with one attached hydrogen (secondary N) is 1. The molecule has 2 rings (SSSR count). The van der Waals surface area contributed by atoms with Crippen LogP contribution in [0.15, 0.2) is 0 Å². The van der Waals surface area contributed by atoms with Gasteiger partial charge in [-0.1, -0.05) is 13.8 Å². The van der Waals surface area contributed by atoms with E-state index in [0.29, 0.717) is 5.13 Å². The van der Waals surface area contributed by atoms with Crippen molar-refractivity contribution in [2.75, 3.05) is 5.32 Å². The lowest BCUT2D eigenvalue weighted by Gasteiger charge is -2.13. The molecule has 4 nitrogen and oxygen atoms in total. The van der Waals surface area contributed by atoms with Crippen molar-refractivity contribution < 1.29 is 4.79 Å². The van der Waals surface area contributed by atoms with Crippen molar-refractivity contribution in [3.8, 4) is 0 Å². The zero-order valence-electron chi connectivity index (χ0n) is 10.3. The number of anilines is 1. The quantitative estimate of drug-likeness (QED) is 0.865. The van der Waals surface area contributed by atoms with Crippen LogP contribution in [0.25, 0.3) is 0 Å². The molecule has 0 saturated heterocycles. The van der Waals surface area contributed by atoms with Gasteiger partial charge in [-0.05, 0) is 31.6 Å². The lowest BCUT2D eigenvalue weighted by Crippen LogP contribution is -2.39. The molecule has 0 fully saturated rings. The Labute approximate surface area is 106 Å². The Balaban J connectivity index is 2.04. The van der Waals surface area contributed by atoms with E-state index in [0.717, 1.165) is 18.5 Å². The third-order valence-electron chi connectivity index (χ3n) is 3.10. The molecule has 0 aliphatic heterocycles. The van der Waals surface area contributed by atoms with Crippen LogP contribution in [-0.4, -0.2) is 16.9 Å². The standard InChI is InChI=1S/C12H19N3OS/c1-7(2)10(13)11(16)15-12-14-8-5-3-4-6-9(8)17-12/h7,10H,3-6,13H2,1-2H3,(H,14,15,16)/t10-/m0/s1. The summed E-state index contributed by atoms with van der Waals surface area (Å²) in [5.41, 5.74) is 6.96. The first kappa shape index (κ1) is 12.5. The van der Waals surface area contributed by atoms with Gasteiger partial charge in [-0.2, -0.15) is 0 Å². The van der Waals surface area contributed by atoms with Crippen LogP contribution >= 0.6 is 11.3 Å². The summed E-state index contributed by atoms with van der Waals surface area (Å²) >= 11 is 1.59. The summed E-state index contributed by atoms with van der Waals surface area (Å²) in [6, 6.07) is -0.462. The Morgan fingerprint density at radius 2 is 2.12 bits per heavy atom. The lowest BCUT2D eigenvalue weighted by molar-refractivity contribution is -0.118. The monoisotopic (exact) mass is 253 g/mol. The molecule has 0 spiro atoms. The van der Waals surface area contributed by atoms with Crippen molar-refractivity contribution in [2.45, 2.75) is 45.6 Å². The SMILES string of the molecule is CC(C)[C@H](N)C(=O)Nc1nc2c(s1)CCCC2. The minimum Gasteiger partial charge on any atom is -0.320 e. The number of nitrogens with zero attached hydrogens (tertiary/aromatic N) is 1. The maximum Gasteiger partial charge on any atom is 0.243 e. The van der Waals surface area contributed by atoms with Crippen molar-refractivity contribution >= 4 is 22.4 Å². The van der Waals surface area contributed by atoms with Crippen LogP contribution in [0.3, 0.4) is 0 Å². The topological polar surface area (TPSA) is 68.0 Å². The van der Waals surface area contributed by atoms with Gasteiger partial charge in [0.25, 0.3) is 0 Å². The highest BCUT2D eigenvalue weighted by atomic mass is 32.1. The Morgan fingerprint density at radius 1 is 1.41 bits per heavy atom. The number of rotatable bonds is 3. The van der Waals surface area contributed by atoms with Crippen molar-refractivity contribution in [2.24, 2.45) is 11.7 Å². The van der Waals surface area contributed by atoms with E-state index < -0.39 is 6.04 Å². The molecule has 0 aromatic carbocycles. The minimum atomic E-state index is -0.462. The first-order valence-corrected chi connectivity index (χ1v) is 6.94. The normalized spacial score (nSPS) is 16.7. The van der Waals surface area contributed by atoms with E-state index in [4.69, 9.17) is 5.73 Å². The van der Waals surface area contributed by atoms with E-state index in [-0.39, 0.29) is 11.8 Å². The van der Waals surface area contributed by atoms with E-state index in [1.165, 1.54) is 17.7 Å². The molecule has 0 radical (unpaired) electrons. The number of carbonyl (C=O) groups excluding carboxylic acids is 1. The van der Waals surface area contributed by atoms with E-state index in [1.807, 2.05) is 13.8 Å².